The van der Waals surface area contributed by atoms with Crippen molar-refractivity contribution in [3.8, 4) is 0 Å². The first-order chi connectivity index (χ1) is 39.0. The van der Waals surface area contributed by atoms with Crippen molar-refractivity contribution in [3.63, 3.8) is 0 Å². The van der Waals surface area contributed by atoms with Gasteiger partial charge in [0.2, 0.25) is 0 Å². The van der Waals surface area contributed by atoms with Crippen molar-refractivity contribution in [2.75, 3.05) is 47.5 Å². The molecular weight excluding hydrogens is 1010 g/mol. The van der Waals surface area contributed by atoms with Gasteiger partial charge in [-0.25, -0.2) is 0 Å². The van der Waals surface area contributed by atoms with Crippen LogP contribution in [0.25, 0.3) is 0 Å². The van der Waals surface area contributed by atoms with E-state index in [-0.39, 0.29) is 32.0 Å². The Balaban J connectivity index is 3.84. The lowest BCUT2D eigenvalue weighted by Gasteiger charge is -2.28. The van der Waals surface area contributed by atoms with Crippen LogP contribution in [0.4, 0.5) is 0 Å². The molecular formula is C70H130NO8P. The van der Waals surface area contributed by atoms with Gasteiger partial charge in [-0.3, -0.25) is 14.2 Å². The molecule has 0 rings (SSSR count). The lowest BCUT2D eigenvalue weighted by atomic mass is 10.0. The minimum Gasteiger partial charge on any atom is -0.756 e. The topological polar surface area (TPSA) is 111 Å². The molecule has 0 aliphatic rings. The molecule has 0 spiro atoms. The number of carbonyl (C=O) groups excluding carboxylic acids is 2. The second-order valence-electron chi connectivity index (χ2n) is 24.2. The van der Waals surface area contributed by atoms with Gasteiger partial charge >= 0.3 is 11.9 Å². The molecule has 0 aromatic rings. The minimum absolute atomic E-state index is 0.0395. The first-order valence-electron chi connectivity index (χ1n) is 34.0. The highest BCUT2D eigenvalue weighted by Crippen LogP contribution is 2.38. The fraction of sp³-hybridized carbons (Fsp3) is 0.829. The van der Waals surface area contributed by atoms with Gasteiger partial charge in [-0.1, -0.05) is 293 Å². The van der Waals surface area contributed by atoms with Gasteiger partial charge in [-0.05, 0) is 77.0 Å². The highest BCUT2D eigenvalue weighted by Gasteiger charge is 2.22. The zero-order valence-corrected chi connectivity index (χ0v) is 54.2. The molecule has 0 N–H and O–H groups in total. The molecule has 0 aliphatic carbocycles. The van der Waals surface area contributed by atoms with E-state index in [1.807, 2.05) is 21.1 Å². The molecule has 0 saturated heterocycles. The highest BCUT2D eigenvalue weighted by atomic mass is 31.2. The third-order valence-corrected chi connectivity index (χ3v) is 16.0. The standard InChI is InChI=1S/C70H130NO8P/c1-6-8-10-12-14-16-18-20-22-23-24-25-26-27-28-29-30-31-32-33-34-35-36-37-38-39-40-41-42-43-44-45-46-47-49-50-52-54-56-58-60-62-69(72)76-66-68(67-78-80(74,75)77-65-64-71(3,4)5)79-70(73)63-61-59-57-55-53-51-48-21-19-17-15-13-11-9-7-2/h9,11,15,17,21,23-24,48,53,55,68H,6-8,10,12-14,16,18-20,22,25-47,49-52,54,56-67H2,1-5H3/b11-9-,17-15-,24-23-,48-21-,55-53-. The molecule has 0 aromatic heterocycles. The van der Waals surface area contributed by atoms with Gasteiger partial charge in [0.25, 0.3) is 7.82 Å². The van der Waals surface area contributed by atoms with E-state index in [2.05, 4.69) is 74.6 Å². The molecule has 0 amide bonds. The number of phosphoric acid groups is 1. The van der Waals surface area contributed by atoms with E-state index in [1.165, 1.54) is 231 Å². The van der Waals surface area contributed by atoms with E-state index in [4.69, 9.17) is 18.5 Å². The third kappa shape index (κ3) is 64.9. The highest BCUT2D eigenvalue weighted by molar-refractivity contribution is 7.45. The van der Waals surface area contributed by atoms with E-state index in [0.717, 1.165) is 57.8 Å². The van der Waals surface area contributed by atoms with Crippen LogP contribution in [0.1, 0.15) is 322 Å². The summed E-state index contributed by atoms with van der Waals surface area (Å²) in [4.78, 5) is 37.8. The number of likely N-dealkylation sites (N-methyl/N-ethyl adjacent to an activating group) is 1. The summed E-state index contributed by atoms with van der Waals surface area (Å²) >= 11 is 0. The Hall–Kier alpha value is -2.29. The summed E-state index contributed by atoms with van der Waals surface area (Å²) in [7, 11) is 1.14. The van der Waals surface area contributed by atoms with E-state index in [0.29, 0.717) is 17.4 Å². The fourth-order valence-electron chi connectivity index (χ4n) is 9.82. The van der Waals surface area contributed by atoms with Crippen molar-refractivity contribution in [1.82, 2.24) is 0 Å². The number of phosphoric ester groups is 1. The van der Waals surface area contributed by atoms with Crippen molar-refractivity contribution >= 4 is 19.8 Å². The zero-order valence-electron chi connectivity index (χ0n) is 53.3. The molecule has 0 radical (unpaired) electrons. The van der Waals surface area contributed by atoms with Crippen LogP contribution in [-0.4, -0.2) is 70.0 Å². The van der Waals surface area contributed by atoms with Crippen molar-refractivity contribution < 1.29 is 42.1 Å². The SMILES string of the molecule is CC/C=C\C/C=C\C/C=C\C/C=C\CCCCC(=O)OC(COC(=O)CCCCCCCCCCCCCCCCCCCCCCCCCCCCCCC/C=C\CCCCCCCCCC)COP(=O)([O-])OCC[N+](C)(C)C. The van der Waals surface area contributed by atoms with Gasteiger partial charge in [-0.2, -0.15) is 0 Å². The van der Waals surface area contributed by atoms with Crippen LogP contribution < -0.4 is 4.89 Å². The van der Waals surface area contributed by atoms with Crippen molar-refractivity contribution in [2.24, 2.45) is 0 Å². The largest absolute Gasteiger partial charge is 0.756 e. The van der Waals surface area contributed by atoms with Crippen LogP contribution in [0.3, 0.4) is 0 Å². The van der Waals surface area contributed by atoms with Gasteiger partial charge in [-0.15, -0.1) is 0 Å². The number of nitrogens with zero attached hydrogens (tertiary/aromatic N) is 1. The minimum atomic E-state index is -4.65. The predicted octanol–water partition coefficient (Wildman–Crippen LogP) is 21.2. The van der Waals surface area contributed by atoms with Crippen LogP contribution in [0.5, 0.6) is 0 Å². The van der Waals surface area contributed by atoms with Crippen molar-refractivity contribution in [3.05, 3.63) is 60.8 Å². The number of allylic oxidation sites excluding steroid dienone is 10. The maximum absolute atomic E-state index is 12.7. The lowest BCUT2D eigenvalue weighted by Crippen LogP contribution is -2.37. The monoisotopic (exact) mass is 1140 g/mol. The molecule has 0 fully saturated rings. The molecule has 0 bridgehead atoms. The number of rotatable bonds is 63. The molecule has 10 heteroatoms. The van der Waals surface area contributed by atoms with Crippen LogP contribution in [0.2, 0.25) is 0 Å². The van der Waals surface area contributed by atoms with Crippen LogP contribution >= 0.6 is 7.82 Å². The molecule has 0 aliphatic heterocycles. The maximum Gasteiger partial charge on any atom is 0.306 e. The number of unbranched alkanes of at least 4 members (excludes halogenated alkanes) is 39. The molecule has 9 nitrogen and oxygen atoms in total. The summed E-state index contributed by atoms with van der Waals surface area (Å²) in [6.45, 7) is 4.10. The molecule has 2 unspecified atom stereocenters. The smallest absolute Gasteiger partial charge is 0.306 e. The van der Waals surface area contributed by atoms with Gasteiger partial charge in [0, 0.05) is 12.8 Å². The van der Waals surface area contributed by atoms with Gasteiger partial charge in [0.05, 0.1) is 27.7 Å². The Kier molecular flexibility index (Phi) is 59.5. The van der Waals surface area contributed by atoms with E-state index >= 15 is 0 Å². The summed E-state index contributed by atoms with van der Waals surface area (Å²) < 4.78 is 34.1. The van der Waals surface area contributed by atoms with Gasteiger partial charge < -0.3 is 27.9 Å². The lowest BCUT2D eigenvalue weighted by molar-refractivity contribution is -0.870. The average Bonchev–Trinajstić information content (AvgIpc) is 3.42. The molecule has 0 saturated carbocycles. The van der Waals surface area contributed by atoms with Crippen LogP contribution in [0, 0.1) is 0 Å². The number of quaternary nitrogens is 1. The Labute approximate surface area is 496 Å². The summed E-state index contributed by atoms with van der Waals surface area (Å²) in [6.07, 6.45) is 80.6. The van der Waals surface area contributed by atoms with E-state index in [9.17, 15) is 19.0 Å². The third-order valence-electron chi connectivity index (χ3n) is 15.0. The molecule has 80 heavy (non-hydrogen) atoms. The van der Waals surface area contributed by atoms with Crippen LogP contribution in [-0.2, 0) is 32.7 Å². The Morgan fingerprint density at radius 2 is 0.713 bits per heavy atom. The second kappa shape index (κ2) is 61.3. The van der Waals surface area contributed by atoms with Gasteiger partial charge in [0.1, 0.15) is 19.8 Å². The first kappa shape index (κ1) is 77.7. The normalized spacial score (nSPS) is 13.5. The van der Waals surface area contributed by atoms with Gasteiger partial charge in [0.15, 0.2) is 6.10 Å². The van der Waals surface area contributed by atoms with Crippen LogP contribution in [0.15, 0.2) is 60.8 Å². The molecule has 468 valence electrons. The maximum atomic E-state index is 12.7. The Bertz CT molecular complexity index is 1530. The van der Waals surface area contributed by atoms with Crippen molar-refractivity contribution in [1.29, 1.82) is 0 Å². The number of carbonyl (C=O) groups is 2. The Morgan fingerprint density at radius 3 is 1.10 bits per heavy atom. The summed E-state index contributed by atoms with van der Waals surface area (Å²) in [5.74, 6) is -0.873. The molecule has 0 heterocycles. The number of esters is 2. The first-order valence-corrected chi connectivity index (χ1v) is 35.5. The Morgan fingerprint density at radius 1 is 0.400 bits per heavy atom. The quantitative estimate of drug-likeness (QED) is 0.0195. The second-order valence-corrected chi connectivity index (χ2v) is 25.6. The molecule has 0 aromatic carbocycles. The number of hydrogen-bond acceptors (Lipinski definition) is 8. The number of ether oxygens (including phenoxy) is 2. The average molecular weight is 1140 g/mol. The zero-order chi connectivity index (χ0) is 58.4. The summed E-state index contributed by atoms with van der Waals surface area (Å²) in [5.41, 5.74) is 0. The predicted molar refractivity (Wildman–Crippen MR) is 342 cm³/mol. The summed E-state index contributed by atoms with van der Waals surface area (Å²) in [6, 6.07) is 0. The summed E-state index contributed by atoms with van der Waals surface area (Å²) in [5, 5.41) is 0. The fourth-order valence-corrected chi connectivity index (χ4v) is 10.6. The van der Waals surface area contributed by atoms with E-state index < -0.39 is 26.5 Å². The van der Waals surface area contributed by atoms with E-state index in [1.54, 1.807) is 0 Å². The number of hydrogen-bond donors (Lipinski definition) is 0. The molecule has 2 atom stereocenters. The van der Waals surface area contributed by atoms with Crippen molar-refractivity contribution in [2.45, 2.75) is 328 Å².